The Bertz CT molecular complexity index is 1330. The van der Waals surface area contributed by atoms with Gasteiger partial charge in [0, 0.05) is 27.6 Å². The number of rotatable bonds is 8. The Morgan fingerprint density at radius 1 is 0.971 bits per heavy atom. The van der Waals surface area contributed by atoms with Gasteiger partial charge in [0.2, 0.25) is 17.3 Å². The second-order valence-corrected chi connectivity index (χ2v) is 9.93. The van der Waals surface area contributed by atoms with Crippen molar-refractivity contribution < 1.29 is 9.15 Å². The van der Waals surface area contributed by atoms with Crippen molar-refractivity contribution in [2.24, 2.45) is 0 Å². The highest BCUT2D eigenvalue weighted by atomic mass is 35.5. The number of unbranched alkanes of at least 4 members (excludes halogenated alkanes) is 3. The number of halogens is 1. The van der Waals surface area contributed by atoms with Gasteiger partial charge in [-0.2, -0.15) is 4.98 Å². The van der Waals surface area contributed by atoms with E-state index in [1.54, 1.807) is 11.8 Å². The van der Waals surface area contributed by atoms with Gasteiger partial charge >= 0.3 is 0 Å². The highest BCUT2D eigenvalue weighted by Crippen LogP contribution is 2.40. The molecule has 1 N–H and O–H groups in total. The maximum atomic E-state index is 6.36. The molecule has 2 aromatic carbocycles. The molecule has 1 atom stereocenters. The lowest BCUT2D eigenvalue weighted by Crippen LogP contribution is -2.16. The van der Waals surface area contributed by atoms with Crippen molar-refractivity contribution in [3.63, 3.8) is 0 Å². The quantitative estimate of drug-likeness (QED) is 0.192. The summed E-state index contributed by atoms with van der Waals surface area (Å²) in [5.41, 5.74) is 4.30. The van der Waals surface area contributed by atoms with Crippen LogP contribution in [0.4, 0.5) is 5.69 Å². The highest BCUT2D eigenvalue weighted by Gasteiger charge is 2.28. The standard InChI is InChI=1S/C27H27ClN4O2S/c1-3-4-5-8-16-35-27-30-26-24(31-32-27)19-10-6-7-13-21(19)29-25(34-26)23-15-14-22(33-23)18-11-9-12-20(28)17(18)2/h6-7,9-15,25,29H,3-5,8,16H2,1-2H3. The van der Waals surface area contributed by atoms with Crippen molar-refractivity contribution in [3.05, 3.63) is 70.9 Å². The Morgan fingerprint density at radius 3 is 2.71 bits per heavy atom. The second kappa shape index (κ2) is 10.7. The van der Waals surface area contributed by atoms with Gasteiger partial charge in [0.25, 0.3) is 0 Å². The van der Waals surface area contributed by atoms with Crippen LogP contribution >= 0.6 is 23.4 Å². The Morgan fingerprint density at radius 2 is 1.83 bits per heavy atom. The monoisotopic (exact) mass is 506 g/mol. The maximum absolute atomic E-state index is 6.36. The number of aromatic nitrogens is 3. The molecular weight excluding hydrogens is 480 g/mol. The third-order valence-corrected chi connectivity index (χ3v) is 7.31. The van der Waals surface area contributed by atoms with Crippen LogP contribution in [0.25, 0.3) is 22.6 Å². The van der Waals surface area contributed by atoms with E-state index in [9.17, 15) is 0 Å². The molecule has 0 spiro atoms. The van der Waals surface area contributed by atoms with Crippen molar-refractivity contribution in [2.75, 3.05) is 11.1 Å². The van der Waals surface area contributed by atoms with Crippen LogP contribution in [0.1, 0.15) is 50.2 Å². The molecule has 3 heterocycles. The largest absolute Gasteiger partial charge is 0.455 e. The molecule has 4 aromatic rings. The van der Waals surface area contributed by atoms with Crippen LogP contribution in [0.2, 0.25) is 5.02 Å². The van der Waals surface area contributed by atoms with Crippen LogP contribution in [0.3, 0.4) is 0 Å². The molecule has 1 aliphatic heterocycles. The predicted octanol–water partition coefficient (Wildman–Crippen LogP) is 7.94. The Labute approximate surface area is 214 Å². The van der Waals surface area contributed by atoms with Crippen molar-refractivity contribution in [3.8, 4) is 28.5 Å². The molecule has 0 bridgehead atoms. The molecular formula is C27H27ClN4O2S. The minimum Gasteiger partial charge on any atom is -0.455 e. The van der Waals surface area contributed by atoms with E-state index in [-0.39, 0.29) is 0 Å². The van der Waals surface area contributed by atoms with Crippen molar-refractivity contribution >= 4 is 29.1 Å². The molecule has 35 heavy (non-hydrogen) atoms. The molecule has 8 heteroatoms. The third-order valence-electron chi connectivity index (χ3n) is 5.98. The van der Waals surface area contributed by atoms with E-state index in [1.807, 2.05) is 61.5 Å². The minimum atomic E-state index is -0.579. The van der Waals surface area contributed by atoms with Crippen molar-refractivity contribution in [1.82, 2.24) is 15.2 Å². The molecule has 2 aromatic heterocycles. The van der Waals surface area contributed by atoms with Gasteiger partial charge in [-0.1, -0.05) is 79.9 Å². The Hall–Kier alpha value is -3.03. The van der Waals surface area contributed by atoms with E-state index in [0.29, 0.717) is 27.5 Å². The predicted molar refractivity (Wildman–Crippen MR) is 141 cm³/mol. The molecule has 0 fully saturated rings. The molecule has 0 amide bonds. The zero-order chi connectivity index (χ0) is 24.2. The van der Waals surface area contributed by atoms with Crippen molar-refractivity contribution in [1.29, 1.82) is 0 Å². The van der Waals surface area contributed by atoms with E-state index in [1.165, 1.54) is 19.3 Å². The molecule has 0 aliphatic carbocycles. The first-order chi connectivity index (χ1) is 17.1. The fourth-order valence-electron chi connectivity index (χ4n) is 4.04. The summed E-state index contributed by atoms with van der Waals surface area (Å²) in [6.45, 7) is 4.20. The first-order valence-corrected chi connectivity index (χ1v) is 13.3. The number of hydrogen-bond acceptors (Lipinski definition) is 7. The van der Waals surface area contributed by atoms with E-state index in [4.69, 9.17) is 25.7 Å². The molecule has 0 radical (unpaired) electrons. The second-order valence-electron chi connectivity index (χ2n) is 8.46. The van der Waals surface area contributed by atoms with Gasteiger partial charge in [-0.05, 0) is 43.2 Å². The SMILES string of the molecule is CCCCCCSc1nnc2c(n1)OC(c1ccc(-c3cccc(Cl)c3C)o1)Nc1ccccc1-2. The Kier molecular flexibility index (Phi) is 7.25. The van der Waals surface area contributed by atoms with Crippen LogP contribution in [0, 0.1) is 6.92 Å². The van der Waals surface area contributed by atoms with Crippen LogP contribution in [0.15, 0.2) is 64.2 Å². The maximum Gasteiger partial charge on any atom is 0.247 e. The number of para-hydroxylation sites is 1. The number of hydrogen-bond donors (Lipinski definition) is 1. The lowest BCUT2D eigenvalue weighted by atomic mass is 10.1. The molecule has 1 unspecified atom stereocenters. The minimum absolute atomic E-state index is 0.440. The van der Waals surface area contributed by atoms with Gasteiger partial charge in [0.1, 0.15) is 5.76 Å². The zero-order valence-corrected chi connectivity index (χ0v) is 21.3. The topological polar surface area (TPSA) is 73.1 Å². The fraction of sp³-hybridized carbons (Fsp3) is 0.296. The summed E-state index contributed by atoms with van der Waals surface area (Å²) in [5, 5.41) is 13.6. The lowest BCUT2D eigenvalue weighted by Gasteiger charge is -2.17. The summed E-state index contributed by atoms with van der Waals surface area (Å²) in [6, 6.07) is 17.6. The summed E-state index contributed by atoms with van der Waals surface area (Å²) >= 11 is 7.94. The van der Waals surface area contributed by atoms with Crippen LogP contribution < -0.4 is 10.1 Å². The number of anilines is 1. The van der Waals surface area contributed by atoms with E-state index in [2.05, 4.69) is 22.4 Å². The summed E-state index contributed by atoms with van der Waals surface area (Å²) < 4.78 is 12.6. The first-order valence-electron chi connectivity index (χ1n) is 11.9. The summed E-state index contributed by atoms with van der Waals surface area (Å²) in [6.07, 6.45) is 4.23. The summed E-state index contributed by atoms with van der Waals surface area (Å²) in [5.74, 6) is 2.76. The molecule has 1 aliphatic rings. The average molecular weight is 507 g/mol. The zero-order valence-electron chi connectivity index (χ0n) is 19.8. The van der Waals surface area contributed by atoms with Gasteiger partial charge in [0.05, 0.1) is 0 Å². The molecule has 6 nitrogen and oxygen atoms in total. The number of furan rings is 1. The number of nitrogens with zero attached hydrogens (tertiary/aromatic N) is 3. The number of thioether (sulfide) groups is 1. The molecule has 5 rings (SSSR count). The summed E-state index contributed by atoms with van der Waals surface area (Å²) in [7, 11) is 0. The highest BCUT2D eigenvalue weighted by molar-refractivity contribution is 7.99. The summed E-state index contributed by atoms with van der Waals surface area (Å²) in [4.78, 5) is 4.72. The molecule has 180 valence electrons. The third kappa shape index (κ3) is 5.16. The first kappa shape index (κ1) is 23.7. The van der Waals surface area contributed by atoms with Crippen LogP contribution in [-0.4, -0.2) is 20.9 Å². The van der Waals surface area contributed by atoms with Crippen LogP contribution in [0.5, 0.6) is 5.88 Å². The van der Waals surface area contributed by atoms with Gasteiger partial charge in [-0.25, -0.2) is 0 Å². The van der Waals surface area contributed by atoms with Gasteiger partial charge < -0.3 is 14.5 Å². The smallest absolute Gasteiger partial charge is 0.247 e. The van der Waals surface area contributed by atoms with Crippen LogP contribution in [-0.2, 0) is 0 Å². The van der Waals surface area contributed by atoms with Gasteiger partial charge in [-0.3, -0.25) is 0 Å². The normalized spacial score (nSPS) is 14.4. The van der Waals surface area contributed by atoms with E-state index < -0.39 is 6.23 Å². The number of fused-ring (bicyclic) bond motifs is 3. The van der Waals surface area contributed by atoms with Crippen molar-refractivity contribution in [2.45, 2.75) is 50.9 Å². The van der Waals surface area contributed by atoms with Gasteiger partial charge in [-0.15, -0.1) is 10.2 Å². The molecule has 0 saturated heterocycles. The Balaban J connectivity index is 1.44. The molecule has 0 saturated carbocycles. The average Bonchev–Trinajstić information content (AvgIpc) is 3.29. The lowest BCUT2D eigenvalue weighted by molar-refractivity contribution is 0.196. The van der Waals surface area contributed by atoms with E-state index in [0.717, 1.165) is 40.3 Å². The van der Waals surface area contributed by atoms with E-state index >= 15 is 0 Å². The fourth-order valence-corrected chi connectivity index (χ4v) is 4.99. The number of benzene rings is 2. The number of nitrogens with one attached hydrogen (secondary N) is 1. The number of ether oxygens (including phenoxy) is 1. The van der Waals surface area contributed by atoms with Gasteiger partial charge in [0.15, 0.2) is 11.5 Å².